The van der Waals surface area contributed by atoms with Gasteiger partial charge in [-0.25, -0.2) is 4.98 Å². The van der Waals surface area contributed by atoms with Crippen molar-refractivity contribution in [3.8, 4) is 11.3 Å². The van der Waals surface area contributed by atoms with Crippen molar-refractivity contribution in [2.45, 2.75) is 26.3 Å². The fraction of sp³-hybridized carbons (Fsp3) is 0.286. The number of aromatic nitrogens is 2. The average Bonchev–Trinajstić information content (AvgIpc) is 2.77. The van der Waals surface area contributed by atoms with E-state index in [1.165, 1.54) is 0 Å². The second-order valence-electron chi connectivity index (χ2n) is 5.02. The fourth-order valence-electron chi connectivity index (χ4n) is 1.86. The first kappa shape index (κ1) is 11.6. The SMILES string of the molecule is CC(C)(C)n1cncc1-c1ccccc1C=O. The Morgan fingerprint density at radius 2 is 1.94 bits per heavy atom. The maximum atomic E-state index is 11.1. The summed E-state index contributed by atoms with van der Waals surface area (Å²) in [5, 5.41) is 0. The van der Waals surface area contributed by atoms with Gasteiger partial charge in [-0.15, -0.1) is 0 Å². The zero-order valence-electron chi connectivity index (χ0n) is 10.3. The molecule has 1 aromatic carbocycles. The van der Waals surface area contributed by atoms with Crippen LogP contribution in [-0.2, 0) is 5.54 Å². The van der Waals surface area contributed by atoms with Crippen LogP contribution in [0.3, 0.4) is 0 Å². The molecule has 17 heavy (non-hydrogen) atoms. The van der Waals surface area contributed by atoms with Gasteiger partial charge in [0.15, 0.2) is 6.29 Å². The third-order valence-electron chi connectivity index (χ3n) is 2.72. The van der Waals surface area contributed by atoms with Gasteiger partial charge in [0.2, 0.25) is 0 Å². The minimum atomic E-state index is -0.0537. The van der Waals surface area contributed by atoms with Gasteiger partial charge in [-0.05, 0) is 20.8 Å². The highest BCUT2D eigenvalue weighted by molar-refractivity contribution is 5.86. The van der Waals surface area contributed by atoms with E-state index in [4.69, 9.17) is 0 Å². The summed E-state index contributed by atoms with van der Waals surface area (Å²) in [5.74, 6) is 0. The van der Waals surface area contributed by atoms with Gasteiger partial charge in [0.25, 0.3) is 0 Å². The van der Waals surface area contributed by atoms with E-state index in [1.54, 1.807) is 12.5 Å². The number of benzene rings is 1. The molecular weight excluding hydrogens is 212 g/mol. The van der Waals surface area contributed by atoms with Crippen molar-refractivity contribution < 1.29 is 4.79 Å². The lowest BCUT2D eigenvalue weighted by Crippen LogP contribution is -2.21. The molecule has 0 amide bonds. The molecule has 0 saturated heterocycles. The van der Waals surface area contributed by atoms with E-state index in [0.717, 1.165) is 17.5 Å². The standard InChI is InChI=1S/C14H16N2O/c1-14(2,3)16-10-15-8-13(16)12-7-5-4-6-11(12)9-17/h4-10H,1-3H3. The van der Waals surface area contributed by atoms with Gasteiger partial charge in [-0.1, -0.05) is 24.3 Å². The summed E-state index contributed by atoms with van der Waals surface area (Å²) in [5.41, 5.74) is 2.54. The van der Waals surface area contributed by atoms with Gasteiger partial charge in [0.1, 0.15) is 0 Å². The third kappa shape index (κ3) is 2.13. The molecule has 0 N–H and O–H groups in total. The molecule has 3 nitrogen and oxygen atoms in total. The Labute approximate surface area is 101 Å². The number of carbonyl (C=O) groups is 1. The summed E-state index contributed by atoms with van der Waals surface area (Å²) >= 11 is 0. The molecule has 0 fully saturated rings. The van der Waals surface area contributed by atoms with Gasteiger partial charge in [0, 0.05) is 16.7 Å². The summed E-state index contributed by atoms with van der Waals surface area (Å²) in [6.45, 7) is 6.34. The molecule has 2 rings (SSSR count). The fourth-order valence-corrected chi connectivity index (χ4v) is 1.86. The van der Waals surface area contributed by atoms with Gasteiger partial charge in [-0.2, -0.15) is 0 Å². The third-order valence-corrected chi connectivity index (χ3v) is 2.72. The predicted octanol–water partition coefficient (Wildman–Crippen LogP) is 3.12. The average molecular weight is 228 g/mol. The maximum absolute atomic E-state index is 11.1. The number of rotatable bonds is 2. The van der Waals surface area contributed by atoms with Crippen LogP contribution in [0.2, 0.25) is 0 Å². The second-order valence-corrected chi connectivity index (χ2v) is 5.02. The van der Waals surface area contributed by atoms with E-state index in [9.17, 15) is 4.79 Å². The molecule has 88 valence electrons. The molecular formula is C14H16N2O. The van der Waals surface area contributed by atoms with E-state index in [2.05, 4.69) is 30.3 Å². The maximum Gasteiger partial charge on any atom is 0.150 e. The minimum Gasteiger partial charge on any atom is -0.325 e. The predicted molar refractivity (Wildman–Crippen MR) is 68.0 cm³/mol. The number of imidazole rings is 1. The summed E-state index contributed by atoms with van der Waals surface area (Å²) in [6.07, 6.45) is 4.49. The molecule has 0 saturated carbocycles. The lowest BCUT2D eigenvalue weighted by atomic mass is 10.0. The van der Waals surface area contributed by atoms with Crippen LogP contribution in [0, 0.1) is 0 Å². The van der Waals surface area contributed by atoms with E-state index < -0.39 is 0 Å². The second kappa shape index (κ2) is 4.17. The van der Waals surface area contributed by atoms with Crippen molar-refractivity contribution in [1.29, 1.82) is 0 Å². The van der Waals surface area contributed by atoms with Crippen LogP contribution in [0.15, 0.2) is 36.8 Å². The number of hydrogen-bond acceptors (Lipinski definition) is 2. The van der Waals surface area contributed by atoms with Crippen LogP contribution in [0.25, 0.3) is 11.3 Å². The summed E-state index contributed by atoms with van der Waals surface area (Å²) in [7, 11) is 0. The van der Waals surface area contributed by atoms with Crippen molar-refractivity contribution in [3.05, 3.63) is 42.4 Å². The van der Waals surface area contributed by atoms with E-state index in [1.807, 2.05) is 24.3 Å². The smallest absolute Gasteiger partial charge is 0.150 e. The Kier molecular flexibility index (Phi) is 2.84. The Bertz CT molecular complexity index is 535. The number of nitrogens with zero attached hydrogens (tertiary/aromatic N) is 2. The normalized spacial score (nSPS) is 11.5. The van der Waals surface area contributed by atoms with Crippen molar-refractivity contribution in [2.24, 2.45) is 0 Å². The Morgan fingerprint density at radius 1 is 1.24 bits per heavy atom. The van der Waals surface area contributed by atoms with Crippen molar-refractivity contribution >= 4 is 6.29 Å². The van der Waals surface area contributed by atoms with Crippen LogP contribution >= 0.6 is 0 Å². The molecule has 3 heteroatoms. The first-order valence-corrected chi connectivity index (χ1v) is 5.61. The van der Waals surface area contributed by atoms with Crippen molar-refractivity contribution in [2.75, 3.05) is 0 Å². The number of carbonyl (C=O) groups excluding carboxylic acids is 1. The monoisotopic (exact) mass is 228 g/mol. The zero-order valence-corrected chi connectivity index (χ0v) is 10.3. The highest BCUT2D eigenvalue weighted by atomic mass is 16.1. The molecule has 0 aliphatic carbocycles. The quantitative estimate of drug-likeness (QED) is 0.740. The van der Waals surface area contributed by atoms with Crippen LogP contribution in [-0.4, -0.2) is 15.8 Å². The minimum absolute atomic E-state index is 0.0537. The molecule has 0 atom stereocenters. The molecule has 0 radical (unpaired) electrons. The molecule has 0 aliphatic rings. The van der Waals surface area contributed by atoms with Crippen LogP contribution in [0.4, 0.5) is 0 Å². The summed E-state index contributed by atoms with van der Waals surface area (Å²) in [6, 6.07) is 7.57. The Balaban J connectivity index is 2.62. The van der Waals surface area contributed by atoms with E-state index in [0.29, 0.717) is 5.56 Å². The number of hydrogen-bond donors (Lipinski definition) is 0. The van der Waals surface area contributed by atoms with Crippen molar-refractivity contribution in [1.82, 2.24) is 9.55 Å². The van der Waals surface area contributed by atoms with Crippen LogP contribution in [0.5, 0.6) is 0 Å². The molecule has 0 spiro atoms. The first-order chi connectivity index (χ1) is 8.04. The molecule has 0 unspecified atom stereocenters. The molecule has 0 bridgehead atoms. The van der Waals surface area contributed by atoms with Crippen LogP contribution in [0.1, 0.15) is 31.1 Å². The van der Waals surface area contributed by atoms with Crippen LogP contribution < -0.4 is 0 Å². The van der Waals surface area contributed by atoms with E-state index in [-0.39, 0.29) is 5.54 Å². The molecule has 0 aliphatic heterocycles. The Hall–Kier alpha value is -1.90. The van der Waals surface area contributed by atoms with E-state index >= 15 is 0 Å². The highest BCUT2D eigenvalue weighted by Crippen LogP contribution is 2.27. The topological polar surface area (TPSA) is 34.9 Å². The zero-order chi connectivity index (χ0) is 12.5. The van der Waals surface area contributed by atoms with Gasteiger partial charge < -0.3 is 4.57 Å². The highest BCUT2D eigenvalue weighted by Gasteiger charge is 2.18. The molecule has 1 heterocycles. The van der Waals surface area contributed by atoms with Gasteiger partial charge in [0.05, 0.1) is 18.2 Å². The van der Waals surface area contributed by atoms with Crippen molar-refractivity contribution in [3.63, 3.8) is 0 Å². The van der Waals surface area contributed by atoms with Gasteiger partial charge >= 0.3 is 0 Å². The lowest BCUT2D eigenvalue weighted by Gasteiger charge is -2.24. The number of aldehydes is 1. The summed E-state index contributed by atoms with van der Waals surface area (Å²) < 4.78 is 2.08. The summed E-state index contributed by atoms with van der Waals surface area (Å²) in [4.78, 5) is 15.2. The first-order valence-electron chi connectivity index (χ1n) is 5.61. The lowest BCUT2D eigenvalue weighted by molar-refractivity contribution is 0.112. The van der Waals surface area contributed by atoms with Gasteiger partial charge in [-0.3, -0.25) is 4.79 Å². The molecule has 1 aromatic heterocycles. The Morgan fingerprint density at radius 3 is 2.59 bits per heavy atom. The largest absolute Gasteiger partial charge is 0.325 e. The molecule has 2 aromatic rings.